The van der Waals surface area contributed by atoms with Gasteiger partial charge in [0.25, 0.3) is 11.8 Å². The maximum absolute atomic E-state index is 13.1. The maximum Gasteiger partial charge on any atom is 0.289 e. The number of amides is 2. The smallest absolute Gasteiger partial charge is 0.289 e. The number of allylic oxidation sites excluding steroid dienone is 1. The van der Waals surface area contributed by atoms with Crippen LogP contribution < -0.4 is 5.32 Å². The average Bonchev–Trinajstić information content (AvgIpc) is 3.17. The highest BCUT2D eigenvalue weighted by molar-refractivity contribution is 6.01. The number of ketones is 1. The van der Waals surface area contributed by atoms with Gasteiger partial charge < -0.3 is 15.0 Å². The van der Waals surface area contributed by atoms with Crippen molar-refractivity contribution in [3.63, 3.8) is 0 Å². The lowest BCUT2D eigenvalue weighted by Gasteiger charge is -2.34. The Bertz CT molecular complexity index is 1190. The van der Waals surface area contributed by atoms with E-state index in [2.05, 4.69) is 15.4 Å². The molecule has 4 rings (SSSR count). The maximum atomic E-state index is 13.1. The number of ether oxygens (including phenoxy) is 1. The quantitative estimate of drug-likeness (QED) is 0.725. The molecule has 34 heavy (non-hydrogen) atoms. The molecular weight excluding hydrogens is 434 g/mol. The zero-order valence-electron chi connectivity index (χ0n) is 20.4. The van der Waals surface area contributed by atoms with Gasteiger partial charge in [-0.15, -0.1) is 0 Å². The molecule has 9 heteroatoms. The van der Waals surface area contributed by atoms with E-state index >= 15 is 0 Å². The first kappa shape index (κ1) is 23.7. The minimum absolute atomic E-state index is 0.0971. The van der Waals surface area contributed by atoms with Gasteiger partial charge in [0.05, 0.1) is 5.69 Å². The average molecular weight is 466 g/mol. The van der Waals surface area contributed by atoms with Gasteiger partial charge in [-0.05, 0) is 56.4 Å². The molecule has 2 aliphatic heterocycles. The fourth-order valence-corrected chi connectivity index (χ4v) is 4.54. The predicted molar refractivity (Wildman–Crippen MR) is 125 cm³/mol. The lowest BCUT2D eigenvalue weighted by Crippen LogP contribution is -2.42. The summed E-state index contributed by atoms with van der Waals surface area (Å²) >= 11 is 0. The van der Waals surface area contributed by atoms with Crippen LogP contribution >= 0.6 is 0 Å². The third-order valence-corrected chi connectivity index (χ3v) is 6.32. The van der Waals surface area contributed by atoms with Gasteiger partial charge in [0, 0.05) is 51.1 Å². The van der Waals surface area contributed by atoms with Crippen LogP contribution in [0.25, 0.3) is 0 Å². The first-order chi connectivity index (χ1) is 16.1. The molecule has 2 amide bonds. The van der Waals surface area contributed by atoms with Gasteiger partial charge in [-0.25, -0.2) is 0 Å². The van der Waals surface area contributed by atoms with E-state index in [0.717, 1.165) is 34.5 Å². The molecule has 0 unspecified atom stereocenters. The fourth-order valence-electron chi connectivity index (χ4n) is 4.54. The number of nitrogens with one attached hydrogen (secondary N) is 1. The van der Waals surface area contributed by atoms with E-state index in [-0.39, 0.29) is 29.8 Å². The van der Waals surface area contributed by atoms with E-state index in [0.29, 0.717) is 31.7 Å². The minimum Gasteiger partial charge on any atom is -0.481 e. The van der Waals surface area contributed by atoms with Gasteiger partial charge >= 0.3 is 0 Å². The van der Waals surface area contributed by atoms with Crippen LogP contribution in [0.3, 0.4) is 0 Å². The highest BCUT2D eigenvalue weighted by atomic mass is 16.5. The van der Waals surface area contributed by atoms with Crippen molar-refractivity contribution in [3.8, 4) is 0 Å². The second kappa shape index (κ2) is 9.04. The van der Waals surface area contributed by atoms with Crippen LogP contribution in [0.5, 0.6) is 0 Å². The minimum atomic E-state index is -0.694. The Morgan fingerprint density at radius 3 is 2.74 bits per heavy atom. The van der Waals surface area contributed by atoms with Crippen LogP contribution in [0.4, 0.5) is 0 Å². The third-order valence-electron chi connectivity index (χ3n) is 6.32. The van der Waals surface area contributed by atoms with E-state index in [1.807, 2.05) is 13.8 Å². The highest BCUT2D eigenvalue weighted by Crippen LogP contribution is 2.29. The second-order valence-electron chi connectivity index (χ2n) is 9.50. The van der Waals surface area contributed by atoms with Crippen molar-refractivity contribution >= 4 is 17.6 Å². The molecule has 0 saturated carbocycles. The molecule has 1 N–H and O–H groups in total. The van der Waals surface area contributed by atoms with Gasteiger partial charge in [-0.2, -0.15) is 5.10 Å². The summed E-state index contributed by atoms with van der Waals surface area (Å²) in [6.07, 6.45) is 4.74. The number of nitrogens with zero attached hydrogens (tertiary/aromatic N) is 4. The van der Waals surface area contributed by atoms with Crippen molar-refractivity contribution < 1.29 is 19.1 Å². The van der Waals surface area contributed by atoms with E-state index in [9.17, 15) is 14.4 Å². The molecule has 2 aromatic heterocycles. The molecule has 2 aliphatic rings. The summed E-state index contributed by atoms with van der Waals surface area (Å²) in [6, 6.07) is 1.80. The summed E-state index contributed by atoms with van der Waals surface area (Å²) in [7, 11) is 1.76. The number of carbonyl (C=O) groups is 3. The zero-order valence-corrected chi connectivity index (χ0v) is 20.4. The first-order valence-corrected chi connectivity index (χ1v) is 11.6. The third kappa shape index (κ3) is 4.73. The van der Waals surface area contributed by atoms with E-state index < -0.39 is 5.60 Å². The Morgan fingerprint density at radius 2 is 2.06 bits per heavy atom. The Morgan fingerprint density at radius 1 is 1.29 bits per heavy atom. The Labute approximate surface area is 199 Å². The van der Waals surface area contributed by atoms with E-state index in [4.69, 9.17) is 4.74 Å². The number of hydrogen-bond acceptors (Lipinski definition) is 6. The van der Waals surface area contributed by atoms with Gasteiger partial charge in [0.2, 0.25) is 0 Å². The Kier molecular flexibility index (Phi) is 6.29. The molecule has 180 valence electrons. The normalized spacial score (nSPS) is 17.0. The number of carbonyl (C=O) groups excluding carboxylic acids is 3. The van der Waals surface area contributed by atoms with Gasteiger partial charge in [0.1, 0.15) is 11.3 Å². The summed E-state index contributed by atoms with van der Waals surface area (Å²) in [5.41, 5.74) is 4.55. The largest absolute Gasteiger partial charge is 0.481 e. The summed E-state index contributed by atoms with van der Waals surface area (Å²) in [6.45, 7) is 8.74. The van der Waals surface area contributed by atoms with E-state index in [1.165, 1.54) is 6.08 Å². The molecule has 0 radical (unpaired) electrons. The molecule has 9 nitrogen and oxygen atoms in total. The molecule has 0 atom stereocenters. The highest BCUT2D eigenvalue weighted by Gasteiger charge is 2.35. The number of pyridine rings is 1. The number of aryl methyl sites for hydroxylation is 3. The summed E-state index contributed by atoms with van der Waals surface area (Å²) in [4.78, 5) is 44.1. The van der Waals surface area contributed by atoms with Crippen molar-refractivity contribution in [1.82, 2.24) is 25.0 Å². The number of rotatable bonds is 5. The van der Waals surface area contributed by atoms with Crippen LogP contribution in [0.1, 0.15) is 65.8 Å². The molecule has 2 aromatic rings. The molecular formula is C25H31N5O4. The van der Waals surface area contributed by atoms with Crippen LogP contribution in [0.15, 0.2) is 24.1 Å². The zero-order chi connectivity index (χ0) is 24.6. The molecule has 0 bridgehead atoms. The second-order valence-corrected chi connectivity index (χ2v) is 9.50. The molecule has 0 fully saturated rings. The van der Waals surface area contributed by atoms with Crippen LogP contribution in [0, 0.1) is 6.92 Å². The van der Waals surface area contributed by atoms with Gasteiger partial charge in [-0.1, -0.05) is 6.92 Å². The SMILES string of the molecule is CCc1cc(C(=O)NCc2c(C)ncc3c2CCN(C(=O)C2=CC(=O)CC(C)(C)O2)C3)n(C)n1. The lowest BCUT2D eigenvalue weighted by molar-refractivity contribution is -0.138. The summed E-state index contributed by atoms with van der Waals surface area (Å²) in [5, 5.41) is 7.34. The predicted octanol–water partition coefficient (Wildman–Crippen LogP) is 2.15. The molecule has 0 aliphatic carbocycles. The van der Waals surface area contributed by atoms with Gasteiger partial charge in [0.15, 0.2) is 11.5 Å². The molecule has 4 heterocycles. The van der Waals surface area contributed by atoms with Crippen molar-refractivity contribution in [2.75, 3.05) is 6.54 Å². The Balaban J connectivity index is 1.49. The topological polar surface area (TPSA) is 106 Å². The number of aromatic nitrogens is 3. The molecule has 0 saturated heterocycles. The van der Waals surface area contributed by atoms with Crippen LogP contribution in [0.2, 0.25) is 0 Å². The van der Waals surface area contributed by atoms with Crippen LogP contribution in [-0.2, 0) is 47.3 Å². The molecule has 0 aromatic carbocycles. The van der Waals surface area contributed by atoms with Gasteiger partial charge in [-0.3, -0.25) is 24.0 Å². The Hall–Kier alpha value is -3.49. The number of fused-ring (bicyclic) bond motifs is 1. The fraction of sp³-hybridized carbons (Fsp3) is 0.480. The van der Waals surface area contributed by atoms with Crippen molar-refractivity contribution in [3.05, 3.63) is 57.9 Å². The number of hydrogen-bond donors (Lipinski definition) is 1. The van der Waals surface area contributed by atoms with Crippen molar-refractivity contribution in [1.29, 1.82) is 0 Å². The summed E-state index contributed by atoms with van der Waals surface area (Å²) in [5.74, 6) is -0.482. The summed E-state index contributed by atoms with van der Waals surface area (Å²) < 4.78 is 7.39. The van der Waals surface area contributed by atoms with E-state index in [1.54, 1.807) is 42.7 Å². The lowest BCUT2D eigenvalue weighted by atomic mass is 9.94. The molecule has 0 spiro atoms. The standard InChI is InChI=1S/C25H31N5O4/c1-6-17-9-21(29(5)28-17)23(32)27-13-20-15(2)26-12-16-14-30(8-7-19(16)20)24(33)22-10-18(31)11-25(3,4)34-22/h9-10,12H,6-8,11,13-14H2,1-5H3,(H,27,32). The monoisotopic (exact) mass is 465 g/mol. The van der Waals surface area contributed by atoms with Crippen molar-refractivity contribution in [2.45, 2.75) is 65.6 Å². The first-order valence-electron chi connectivity index (χ1n) is 11.6. The van der Waals surface area contributed by atoms with Crippen LogP contribution in [-0.4, -0.2) is 49.4 Å². The van der Waals surface area contributed by atoms with Crippen molar-refractivity contribution in [2.24, 2.45) is 7.05 Å².